The van der Waals surface area contributed by atoms with Gasteiger partial charge >= 0.3 is 216 Å². The number of aryl methyl sites for hydroxylation is 1. The minimum atomic E-state index is -3.57. The number of nitrogens with zero attached hydrogens (tertiary/aromatic N) is 1. The molecule has 0 N–H and O–H groups in total. The van der Waals surface area contributed by atoms with Crippen LogP contribution < -0.4 is 0 Å². The van der Waals surface area contributed by atoms with Crippen molar-refractivity contribution in [2.75, 3.05) is 6.54 Å². The molecule has 0 fully saturated rings. The zero-order chi connectivity index (χ0) is 25.3. The zero-order valence-corrected chi connectivity index (χ0v) is 29.2. The fourth-order valence-electron chi connectivity index (χ4n) is 7.20. The van der Waals surface area contributed by atoms with E-state index in [0.29, 0.717) is 15.6 Å². The van der Waals surface area contributed by atoms with Crippen molar-refractivity contribution in [3.8, 4) is 11.1 Å². The van der Waals surface area contributed by atoms with Crippen LogP contribution in [-0.4, -0.2) is 24.4 Å². The molecule has 0 amide bonds. The summed E-state index contributed by atoms with van der Waals surface area (Å²) >= 11 is -3.57. The van der Waals surface area contributed by atoms with E-state index in [0.717, 1.165) is 6.54 Å². The van der Waals surface area contributed by atoms with Crippen molar-refractivity contribution in [2.24, 2.45) is 5.92 Å². The van der Waals surface area contributed by atoms with Gasteiger partial charge in [0.05, 0.1) is 0 Å². The molecule has 0 aromatic heterocycles. The van der Waals surface area contributed by atoms with E-state index in [9.17, 15) is 0 Å². The Balaban J connectivity index is 0.00000190. The largest absolute Gasteiger partial charge is 0.147 e. The van der Waals surface area contributed by atoms with Gasteiger partial charge in [-0.3, -0.25) is 0 Å². The van der Waals surface area contributed by atoms with Crippen LogP contribution in [0.5, 0.6) is 0 Å². The van der Waals surface area contributed by atoms with Crippen LogP contribution in [0.3, 0.4) is 0 Å². The molecule has 2 aromatic carbocycles. The average molecular weight is 632 g/mol. The van der Waals surface area contributed by atoms with Crippen molar-refractivity contribution in [2.45, 2.75) is 60.5 Å². The third-order valence-corrected chi connectivity index (χ3v) is 24.9. The van der Waals surface area contributed by atoms with Crippen LogP contribution in [0.15, 0.2) is 80.3 Å². The third kappa shape index (κ3) is 4.77. The summed E-state index contributed by atoms with van der Waals surface area (Å²) in [6.45, 7) is 17.7. The minimum absolute atomic E-state index is 0. The number of fused-ring (bicyclic) bond motifs is 2. The van der Waals surface area contributed by atoms with E-state index in [1.165, 1.54) is 28.0 Å². The Morgan fingerprint density at radius 3 is 2.16 bits per heavy atom. The predicted octanol–water partition coefficient (Wildman–Crippen LogP) is 8.76. The molecule has 1 heterocycles. The molecule has 1 unspecified atom stereocenters. The Bertz CT molecular complexity index is 1420. The van der Waals surface area contributed by atoms with E-state index >= 15 is 0 Å². The van der Waals surface area contributed by atoms with Crippen molar-refractivity contribution < 1.29 is 17.4 Å². The molecule has 0 bridgehead atoms. The van der Waals surface area contributed by atoms with Gasteiger partial charge in [-0.15, -0.1) is 24.8 Å². The van der Waals surface area contributed by atoms with Crippen LogP contribution in [0, 0.1) is 12.8 Å². The van der Waals surface area contributed by atoms with E-state index in [-0.39, 0.29) is 24.8 Å². The summed E-state index contributed by atoms with van der Waals surface area (Å²) in [6, 6.07) is 16.2. The summed E-state index contributed by atoms with van der Waals surface area (Å²) in [5, 5.41) is 0. The topological polar surface area (TPSA) is 3.24 Å². The maximum atomic E-state index is 2.74. The average Bonchev–Trinajstić information content (AvgIpc) is 3.45. The second-order valence-electron chi connectivity index (χ2n) is 12.6. The molecule has 3 aliphatic rings. The molecule has 2 aromatic rings. The summed E-state index contributed by atoms with van der Waals surface area (Å²) in [4.78, 5) is 2.60. The molecule has 198 valence electrons. The molecule has 1 atom stereocenters. The Labute approximate surface area is 239 Å². The summed E-state index contributed by atoms with van der Waals surface area (Å²) in [5.74, 6) is 0.539. The number of rotatable bonds is 5. The Hall–Kier alpha value is -1.12. The van der Waals surface area contributed by atoms with Crippen LogP contribution in [0.2, 0.25) is 9.26 Å². The summed E-state index contributed by atoms with van der Waals surface area (Å²) < 4.78 is 7.78. The molecule has 1 aliphatic heterocycles. The molecule has 5 heteroatoms. The number of benzene rings is 2. The maximum absolute atomic E-state index is 3.57. The van der Waals surface area contributed by atoms with Gasteiger partial charge in [0.25, 0.3) is 0 Å². The first-order chi connectivity index (χ1) is 16.4. The minimum Gasteiger partial charge on any atom is -0.147 e. The van der Waals surface area contributed by atoms with Gasteiger partial charge in [-0.05, 0) is 0 Å². The molecule has 0 saturated carbocycles. The quantitative estimate of drug-likeness (QED) is 0.298. The first-order valence-corrected chi connectivity index (χ1v) is 26.8. The van der Waals surface area contributed by atoms with Crippen molar-refractivity contribution in [1.29, 1.82) is 0 Å². The molecule has 0 spiro atoms. The van der Waals surface area contributed by atoms with E-state index in [1.54, 1.807) is 25.6 Å². The SMILES string of the molecule is CC1=Cc2c(-c3ccccc3)ccc(C)c2[CH]1[Zr]([CH3])([CH3])(=[SiH2])[C]1=C(C(C)C)C=C2C1=CCN2C(C)C.Cl.Cl. The number of halogens is 2. The Morgan fingerprint density at radius 2 is 1.57 bits per heavy atom. The van der Waals surface area contributed by atoms with Crippen LogP contribution >= 0.6 is 24.8 Å². The molecule has 1 nitrogen and oxygen atoms in total. The monoisotopic (exact) mass is 629 g/mol. The molecule has 5 rings (SSSR count). The van der Waals surface area contributed by atoms with Gasteiger partial charge in [0.15, 0.2) is 0 Å². The van der Waals surface area contributed by atoms with Crippen LogP contribution in [0.25, 0.3) is 17.2 Å². The van der Waals surface area contributed by atoms with Crippen LogP contribution in [-0.2, 0) is 17.4 Å². The van der Waals surface area contributed by atoms with Gasteiger partial charge in [-0.2, -0.15) is 0 Å². The fraction of sp³-hybridized carbons (Fsp3) is 0.375. The summed E-state index contributed by atoms with van der Waals surface area (Å²) in [6.07, 6.45) is 7.65. The number of hydrogen-bond acceptors (Lipinski definition) is 1. The normalized spacial score (nSPS) is 18.8. The van der Waals surface area contributed by atoms with Gasteiger partial charge in [0, 0.05) is 0 Å². The molecular formula is C32H43Cl2NSiZr. The maximum Gasteiger partial charge on any atom is -0.147 e. The molecule has 2 aliphatic carbocycles. The number of hydrogen-bond donors (Lipinski definition) is 0. The van der Waals surface area contributed by atoms with Crippen LogP contribution in [0.1, 0.15) is 54.9 Å². The van der Waals surface area contributed by atoms with E-state index in [4.69, 9.17) is 0 Å². The third-order valence-electron chi connectivity index (χ3n) is 8.63. The predicted molar refractivity (Wildman–Crippen MR) is 168 cm³/mol. The first kappa shape index (κ1) is 30.4. The van der Waals surface area contributed by atoms with Crippen LogP contribution in [0.4, 0.5) is 0 Å². The standard InChI is InChI=1S/C17H15.C13H18N.2CH3.2ClH.H2Si.Zr/c1-12-10-16-13(2)8-9-15(17(16)11-12)14-6-4-3-5-7-14;1-9(2)12-7-11-5-6-14(10(3)4)13(11)8-12;;;;;;/h3-11H,1-2H3;5,8-10H,6H2,1-4H3;2*1H3;2*1H;1H2;. The molecule has 0 saturated heterocycles. The van der Waals surface area contributed by atoms with E-state index < -0.39 is 17.4 Å². The van der Waals surface area contributed by atoms with Gasteiger partial charge in [0.1, 0.15) is 0 Å². The Morgan fingerprint density at radius 1 is 0.919 bits per heavy atom. The van der Waals surface area contributed by atoms with Crippen molar-refractivity contribution >= 4 is 37.8 Å². The van der Waals surface area contributed by atoms with Gasteiger partial charge in [-0.1, -0.05) is 0 Å². The molecule has 37 heavy (non-hydrogen) atoms. The van der Waals surface area contributed by atoms with Gasteiger partial charge < -0.3 is 0 Å². The summed E-state index contributed by atoms with van der Waals surface area (Å²) in [7, 11) is 0. The smallest absolute Gasteiger partial charge is 0.147 e. The number of allylic oxidation sites excluding steroid dienone is 4. The molecular weight excluding hydrogens is 589 g/mol. The van der Waals surface area contributed by atoms with E-state index in [2.05, 4.69) is 123 Å². The van der Waals surface area contributed by atoms with Gasteiger partial charge in [0.2, 0.25) is 0 Å². The van der Waals surface area contributed by atoms with Crippen molar-refractivity contribution in [3.63, 3.8) is 0 Å². The molecule has 0 radical (unpaired) electrons. The second kappa shape index (κ2) is 10.5. The van der Waals surface area contributed by atoms with Crippen molar-refractivity contribution in [1.82, 2.24) is 4.90 Å². The van der Waals surface area contributed by atoms with Gasteiger partial charge in [-0.25, -0.2) is 0 Å². The Kier molecular flexibility index (Phi) is 8.60. The zero-order valence-electron chi connectivity index (χ0n) is 23.7. The summed E-state index contributed by atoms with van der Waals surface area (Å²) in [5.41, 5.74) is 13.5. The fourth-order valence-corrected chi connectivity index (χ4v) is 26.3. The second-order valence-corrected chi connectivity index (χ2v) is 42.0. The van der Waals surface area contributed by atoms with E-state index in [1.807, 2.05) is 0 Å². The van der Waals surface area contributed by atoms with Crippen molar-refractivity contribution in [3.05, 3.63) is 97.0 Å². The first-order valence-electron chi connectivity index (χ1n) is 13.3.